The van der Waals surface area contributed by atoms with Crippen molar-refractivity contribution in [2.24, 2.45) is 0 Å². The summed E-state index contributed by atoms with van der Waals surface area (Å²) in [5.74, 6) is 0. The number of pyridine rings is 1. The highest BCUT2D eigenvalue weighted by atomic mass is 35.5. The Bertz CT molecular complexity index is 1340. The second kappa shape index (κ2) is 9.66. The maximum atomic E-state index is 13.1. The fraction of sp³-hybridized carbons (Fsp3) is 0.0435. The first-order valence-electron chi connectivity index (χ1n) is 9.68. The molecule has 0 fully saturated rings. The average Bonchev–Trinajstić information content (AvgIpc) is 2.78. The second-order valence-corrected chi connectivity index (χ2v) is 7.80. The molecule has 2 heterocycles. The molecule has 0 aliphatic rings. The molecule has 0 atom stereocenters. The van der Waals surface area contributed by atoms with E-state index in [1.807, 2.05) is 0 Å². The molecule has 4 aromatic rings. The van der Waals surface area contributed by atoms with E-state index in [1.54, 1.807) is 36.4 Å². The molecule has 0 bridgehead atoms. The molecule has 0 saturated heterocycles. The number of carbonyl (C=O) groups excluding carboxylic acids is 1. The molecular formula is C23H14Cl2F3N5O. The lowest BCUT2D eigenvalue weighted by molar-refractivity contribution is -0.137. The van der Waals surface area contributed by atoms with Gasteiger partial charge in [0.2, 0.25) is 0 Å². The van der Waals surface area contributed by atoms with Gasteiger partial charge in [-0.05, 0) is 42.5 Å². The molecule has 0 aliphatic carbocycles. The number of nitrogens with one attached hydrogen (secondary N) is 2. The van der Waals surface area contributed by atoms with Crippen LogP contribution < -0.4 is 10.6 Å². The Labute approximate surface area is 201 Å². The number of aromatic nitrogens is 3. The Morgan fingerprint density at radius 2 is 1.35 bits per heavy atom. The number of urea groups is 1. The summed E-state index contributed by atoms with van der Waals surface area (Å²) in [4.78, 5) is 24.5. The highest BCUT2D eigenvalue weighted by Crippen LogP contribution is 2.32. The standard InChI is InChI=1S/C23H14Cl2F3N5O/c24-20-9-17(10-21(25)33-20)32-22(34)31-16-6-2-4-14(8-16)19-11-18(29-12-30-19)13-3-1-5-15(7-13)23(26,27)28/h1-12H,(H2,31,32,33,34). The maximum absolute atomic E-state index is 13.1. The van der Waals surface area contributed by atoms with Crippen molar-refractivity contribution in [2.45, 2.75) is 6.18 Å². The molecule has 0 saturated carbocycles. The zero-order chi connectivity index (χ0) is 24.3. The Morgan fingerprint density at radius 3 is 2.00 bits per heavy atom. The molecule has 0 radical (unpaired) electrons. The summed E-state index contributed by atoms with van der Waals surface area (Å²) in [7, 11) is 0. The lowest BCUT2D eigenvalue weighted by Crippen LogP contribution is -2.19. The molecule has 2 amide bonds. The van der Waals surface area contributed by atoms with Gasteiger partial charge < -0.3 is 10.6 Å². The minimum atomic E-state index is -4.46. The molecule has 0 spiro atoms. The van der Waals surface area contributed by atoms with Gasteiger partial charge in [0.15, 0.2) is 0 Å². The van der Waals surface area contributed by atoms with Gasteiger partial charge in [-0.15, -0.1) is 0 Å². The van der Waals surface area contributed by atoms with Gasteiger partial charge in [-0.3, -0.25) is 0 Å². The number of anilines is 2. The van der Waals surface area contributed by atoms with E-state index in [-0.39, 0.29) is 10.3 Å². The molecule has 4 rings (SSSR count). The van der Waals surface area contributed by atoms with E-state index in [0.717, 1.165) is 12.1 Å². The molecule has 11 heteroatoms. The molecule has 172 valence electrons. The van der Waals surface area contributed by atoms with Crippen molar-refractivity contribution in [1.82, 2.24) is 15.0 Å². The van der Waals surface area contributed by atoms with E-state index >= 15 is 0 Å². The first kappa shape index (κ1) is 23.5. The summed E-state index contributed by atoms with van der Waals surface area (Å²) in [6, 6.07) is 15.6. The fourth-order valence-corrected chi connectivity index (χ4v) is 3.58. The van der Waals surface area contributed by atoms with Crippen LogP contribution in [-0.2, 0) is 6.18 Å². The monoisotopic (exact) mass is 503 g/mol. The largest absolute Gasteiger partial charge is 0.416 e. The van der Waals surface area contributed by atoms with Crippen LogP contribution in [0, 0.1) is 0 Å². The van der Waals surface area contributed by atoms with Gasteiger partial charge in [-0.2, -0.15) is 13.2 Å². The normalized spacial score (nSPS) is 11.2. The van der Waals surface area contributed by atoms with E-state index in [4.69, 9.17) is 23.2 Å². The van der Waals surface area contributed by atoms with Gasteiger partial charge in [0.05, 0.1) is 17.0 Å². The van der Waals surface area contributed by atoms with Crippen LogP contribution in [0.1, 0.15) is 5.56 Å². The number of rotatable bonds is 4. The minimum Gasteiger partial charge on any atom is -0.308 e. The van der Waals surface area contributed by atoms with Gasteiger partial charge in [0, 0.05) is 22.5 Å². The Hall–Kier alpha value is -3.69. The summed E-state index contributed by atoms with van der Waals surface area (Å²) in [5.41, 5.74) is 1.79. The van der Waals surface area contributed by atoms with Crippen molar-refractivity contribution in [1.29, 1.82) is 0 Å². The number of nitrogens with zero attached hydrogens (tertiary/aromatic N) is 3. The van der Waals surface area contributed by atoms with Crippen LogP contribution >= 0.6 is 23.2 Å². The minimum absolute atomic E-state index is 0.130. The molecule has 34 heavy (non-hydrogen) atoms. The van der Waals surface area contributed by atoms with E-state index in [2.05, 4.69) is 25.6 Å². The second-order valence-electron chi connectivity index (χ2n) is 7.03. The van der Waals surface area contributed by atoms with Crippen LogP contribution in [0.3, 0.4) is 0 Å². The number of benzene rings is 2. The van der Waals surface area contributed by atoms with Gasteiger partial charge in [0.1, 0.15) is 16.6 Å². The lowest BCUT2D eigenvalue weighted by atomic mass is 10.0. The lowest BCUT2D eigenvalue weighted by Gasteiger charge is -2.11. The topological polar surface area (TPSA) is 79.8 Å². The number of amides is 2. The molecule has 0 unspecified atom stereocenters. The van der Waals surface area contributed by atoms with Crippen LogP contribution in [0.2, 0.25) is 10.3 Å². The van der Waals surface area contributed by atoms with E-state index < -0.39 is 17.8 Å². The smallest absolute Gasteiger partial charge is 0.308 e. The van der Waals surface area contributed by atoms with Crippen molar-refractivity contribution in [2.75, 3.05) is 10.6 Å². The molecule has 2 aromatic heterocycles. The van der Waals surface area contributed by atoms with E-state index in [1.165, 1.54) is 24.5 Å². The fourth-order valence-electron chi connectivity index (χ4n) is 3.11. The highest BCUT2D eigenvalue weighted by Gasteiger charge is 2.30. The summed E-state index contributed by atoms with van der Waals surface area (Å²) in [6.45, 7) is 0. The van der Waals surface area contributed by atoms with Crippen molar-refractivity contribution in [3.8, 4) is 22.5 Å². The van der Waals surface area contributed by atoms with E-state index in [9.17, 15) is 18.0 Å². The predicted octanol–water partition coefficient (Wildman–Crippen LogP) is 7.18. The predicted molar refractivity (Wildman–Crippen MR) is 125 cm³/mol. The summed E-state index contributed by atoms with van der Waals surface area (Å²) >= 11 is 11.7. The van der Waals surface area contributed by atoms with Crippen LogP contribution in [0.4, 0.5) is 29.3 Å². The molecule has 6 nitrogen and oxygen atoms in total. The number of alkyl halides is 3. The van der Waals surface area contributed by atoms with Gasteiger partial charge in [-0.1, -0.05) is 47.5 Å². The molecular weight excluding hydrogens is 490 g/mol. The first-order chi connectivity index (χ1) is 16.2. The number of halogens is 5. The van der Waals surface area contributed by atoms with Gasteiger partial charge >= 0.3 is 12.2 Å². The van der Waals surface area contributed by atoms with Crippen molar-refractivity contribution in [3.63, 3.8) is 0 Å². The quantitative estimate of drug-likeness (QED) is 0.289. The SMILES string of the molecule is O=C(Nc1cccc(-c2cc(-c3cccc(C(F)(F)F)c3)ncn2)c1)Nc1cc(Cl)nc(Cl)c1. The zero-order valence-electron chi connectivity index (χ0n) is 17.1. The zero-order valence-corrected chi connectivity index (χ0v) is 18.6. The van der Waals surface area contributed by atoms with Crippen molar-refractivity contribution < 1.29 is 18.0 Å². The Morgan fingerprint density at radius 1 is 0.765 bits per heavy atom. The summed E-state index contributed by atoms with van der Waals surface area (Å²) in [5, 5.41) is 5.55. The van der Waals surface area contributed by atoms with Crippen LogP contribution in [-0.4, -0.2) is 21.0 Å². The highest BCUT2D eigenvalue weighted by molar-refractivity contribution is 6.33. The molecule has 2 aromatic carbocycles. The first-order valence-corrected chi connectivity index (χ1v) is 10.4. The van der Waals surface area contributed by atoms with Gasteiger partial charge in [0.25, 0.3) is 0 Å². The molecule has 0 aliphatic heterocycles. The number of hydrogen-bond donors (Lipinski definition) is 2. The van der Waals surface area contributed by atoms with Crippen LogP contribution in [0.5, 0.6) is 0 Å². The van der Waals surface area contributed by atoms with Crippen molar-refractivity contribution in [3.05, 3.63) is 88.9 Å². The summed E-state index contributed by atoms with van der Waals surface area (Å²) in [6.07, 6.45) is -3.19. The summed E-state index contributed by atoms with van der Waals surface area (Å²) < 4.78 is 39.2. The third-order valence-electron chi connectivity index (χ3n) is 4.59. The number of hydrogen-bond acceptors (Lipinski definition) is 4. The maximum Gasteiger partial charge on any atom is 0.416 e. The molecule has 2 N–H and O–H groups in total. The third-order valence-corrected chi connectivity index (χ3v) is 4.98. The van der Waals surface area contributed by atoms with E-state index in [0.29, 0.717) is 33.9 Å². The van der Waals surface area contributed by atoms with Crippen LogP contribution in [0.25, 0.3) is 22.5 Å². The Balaban J connectivity index is 1.54. The Kier molecular flexibility index (Phi) is 6.67. The van der Waals surface area contributed by atoms with Crippen molar-refractivity contribution >= 4 is 40.6 Å². The third kappa shape index (κ3) is 5.81. The van der Waals surface area contributed by atoms with Gasteiger partial charge in [-0.25, -0.2) is 19.7 Å². The average molecular weight is 504 g/mol. The van der Waals surface area contributed by atoms with Crippen LogP contribution in [0.15, 0.2) is 73.1 Å². The number of carbonyl (C=O) groups is 1.